The lowest BCUT2D eigenvalue weighted by molar-refractivity contribution is -0.118. The van der Waals surface area contributed by atoms with Crippen LogP contribution in [0.2, 0.25) is 0 Å². The molecule has 1 rings (SSSR count). The second-order valence-corrected chi connectivity index (χ2v) is 5.08. The SMILES string of the molecule is CC(=O)CC(C)N(CC(C)C)C1CC1. The Kier molecular flexibility index (Phi) is 4.11. The van der Waals surface area contributed by atoms with Crippen LogP contribution in [0.4, 0.5) is 0 Å². The van der Waals surface area contributed by atoms with Crippen LogP contribution in [0.25, 0.3) is 0 Å². The van der Waals surface area contributed by atoms with E-state index in [1.54, 1.807) is 6.92 Å². The maximum atomic E-state index is 11.1. The van der Waals surface area contributed by atoms with Crippen molar-refractivity contribution in [1.82, 2.24) is 4.90 Å². The lowest BCUT2D eigenvalue weighted by Crippen LogP contribution is -2.38. The molecule has 14 heavy (non-hydrogen) atoms. The Morgan fingerprint density at radius 1 is 1.36 bits per heavy atom. The molecule has 1 aliphatic rings. The number of carbonyl (C=O) groups excluding carboxylic acids is 1. The summed E-state index contributed by atoms with van der Waals surface area (Å²) in [6, 6.07) is 1.20. The fourth-order valence-electron chi connectivity index (χ4n) is 2.05. The smallest absolute Gasteiger partial charge is 0.131 e. The second-order valence-electron chi connectivity index (χ2n) is 5.08. The van der Waals surface area contributed by atoms with E-state index in [1.807, 2.05) is 0 Å². The van der Waals surface area contributed by atoms with Crippen LogP contribution < -0.4 is 0 Å². The number of ketones is 1. The van der Waals surface area contributed by atoms with Gasteiger partial charge in [-0.25, -0.2) is 0 Å². The van der Waals surface area contributed by atoms with Crippen molar-refractivity contribution >= 4 is 5.78 Å². The number of Topliss-reactive ketones (excluding diaryl/α,β-unsaturated/α-hetero) is 1. The molecule has 0 heterocycles. The maximum Gasteiger partial charge on any atom is 0.131 e. The summed E-state index contributed by atoms with van der Waals surface area (Å²) in [5.74, 6) is 1.01. The van der Waals surface area contributed by atoms with E-state index in [1.165, 1.54) is 12.8 Å². The summed E-state index contributed by atoms with van der Waals surface area (Å²) < 4.78 is 0. The molecule has 82 valence electrons. The van der Waals surface area contributed by atoms with Crippen LogP contribution in [-0.4, -0.2) is 29.3 Å². The van der Waals surface area contributed by atoms with Crippen LogP contribution in [0.15, 0.2) is 0 Å². The Bertz CT molecular complexity index is 196. The van der Waals surface area contributed by atoms with Crippen molar-refractivity contribution in [2.75, 3.05) is 6.54 Å². The zero-order valence-electron chi connectivity index (χ0n) is 9.92. The fourth-order valence-corrected chi connectivity index (χ4v) is 2.05. The predicted molar refractivity (Wildman–Crippen MR) is 59.3 cm³/mol. The zero-order chi connectivity index (χ0) is 10.7. The minimum absolute atomic E-state index is 0.312. The summed E-state index contributed by atoms with van der Waals surface area (Å²) in [4.78, 5) is 13.6. The van der Waals surface area contributed by atoms with Gasteiger partial charge in [-0.2, -0.15) is 0 Å². The average molecular weight is 197 g/mol. The van der Waals surface area contributed by atoms with Crippen LogP contribution in [0, 0.1) is 5.92 Å². The second kappa shape index (κ2) is 4.92. The molecule has 0 amide bonds. The molecule has 0 saturated heterocycles. The molecule has 0 aromatic heterocycles. The third-order valence-corrected chi connectivity index (χ3v) is 2.74. The van der Waals surface area contributed by atoms with Crippen LogP contribution in [0.5, 0.6) is 0 Å². The highest BCUT2D eigenvalue weighted by Gasteiger charge is 2.32. The first-order valence-corrected chi connectivity index (χ1v) is 5.76. The van der Waals surface area contributed by atoms with Crippen molar-refractivity contribution < 1.29 is 4.79 Å². The highest BCUT2D eigenvalue weighted by atomic mass is 16.1. The van der Waals surface area contributed by atoms with E-state index in [-0.39, 0.29) is 0 Å². The third kappa shape index (κ3) is 3.79. The molecule has 0 aliphatic heterocycles. The van der Waals surface area contributed by atoms with E-state index >= 15 is 0 Å². The van der Waals surface area contributed by atoms with Crippen molar-refractivity contribution in [2.45, 2.75) is 59.0 Å². The molecule has 0 radical (unpaired) electrons. The molecule has 1 aliphatic carbocycles. The van der Waals surface area contributed by atoms with E-state index in [0.29, 0.717) is 24.2 Å². The molecule has 1 atom stereocenters. The summed E-state index contributed by atoms with van der Waals surface area (Å²) in [5.41, 5.74) is 0. The summed E-state index contributed by atoms with van der Waals surface area (Å²) in [6.45, 7) is 9.50. The number of rotatable bonds is 6. The summed E-state index contributed by atoms with van der Waals surface area (Å²) >= 11 is 0. The summed E-state index contributed by atoms with van der Waals surface area (Å²) in [7, 11) is 0. The van der Waals surface area contributed by atoms with Crippen molar-refractivity contribution in [3.05, 3.63) is 0 Å². The van der Waals surface area contributed by atoms with Crippen molar-refractivity contribution in [3.8, 4) is 0 Å². The molecule has 0 N–H and O–H groups in total. The van der Waals surface area contributed by atoms with E-state index in [2.05, 4.69) is 25.7 Å². The van der Waals surface area contributed by atoms with Crippen LogP contribution in [0.1, 0.15) is 47.0 Å². The van der Waals surface area contributed by atoms with E-state index in [0.717, 1.165) is 12.6 Å². The minimum Gasteiger partial charge on any atom is -0.300 e. The van der Waals surface area contributed by atoms with Gasteiger partial charge < -0.3 is 0 Å². The molecule has 1 unspecified atom stereocenters. The van der Waals surface area contributed by atoms with E-state index < -0.39 is 0 Å². The Labute approximate surface area is 87.7 Å². The van der Waals surface area contributed by atoms with Gasteiger partial charge in [0, 0.05) is 25.0 Å². The van der Waals surface area contributed by atoms with E-state index in [4.69, 9.17) is 0 Å². The highest BCUT2D eigenvalue weighted by Crippen LogP contribution is 2.30. The number of hydrogen-bond acceptors (Lipinski definition) is 2. The molecular formula is C12H23NO. The monoisotopic (exact) mass is 197 g/mol. The zero-order valence-corrected chi connectivity index (χ0v) is 9.92. The number of nitrogens with zero attached hydrogens (tertiary/aromatic N) is 1. The Balaban J connectivity index is 2.44. The van der Waals surface area contributed by atoms with Crippen molar-refractivity contribution in [3.63, 3.8) is 0 Å². The Morgan fingerprint density at radius 3 is 2.29 bits per heavy atom. The number of carbonyl (C=O) groups is 1. The topological polar surface area (TPSA) is 20.3 Å². The van der Waals surface area contributed by atoms with Gasteiger partial charge in [-0.1, -0.05) is 13.8 Å². The molecular weight excluding hydrogens is 174 g/mol. The van der Waals surface area contributed by atoms with Crippen molar-refractivity contribution in [1.29, 1.82) is 0 Å². The fraction of sp³-hybridized carbons (Fsp3) is 0.917. The Hall–Kier alpha value is -0.370. The van der Waals surface area contributed by atoms with Gasteiger partial charge >= 0.3 is 0 Å². The molecule has 2 heteroatoms. The highest BCUT2D eigenvalue weighted by molar-refractivity contribution is 5.76. The normalized spacial score (nSPS) is 19.0. The minimum atomic E-state index is 0.312. The van der Waals surface area contributed by atoms with Gasteiger partial charge in [-0.05, 0) is 32.6 Å². The molecule has 2 nitrogen and oxygen atoms in total. The van der Waals surface area contributed by atoms with Crippen molar-refractivity contribution in [2.24, 2.45) is 5.92 Å². The summed E-state index contributed by atoms with van der Waals surface area (Å²) in [6.07, 6.45) is 3.37. The Morgan fingerprint density at radius 2 is 1.93 bits per heavy atom. The van der Waals surface area contributed by atoms with E-state index in [9.17, 15) is 4.79 Å². The van der Waals surface area contributed by atoms with Gasteiger partial charge in [0.15, 0.2) is 0 Å². The average Bonchev–Trinajstić information content (AvgIpc) is 2.80. The molecule has 0 aromatic carbocycles. The van der Waals surface area contributed by atoms with Gasteiger partial charge in [0.05, 0.1) is 0 Å². The third-order valence-electron chi connectivity index (χ3n) is 2.74. The number of hydrogen-bond donors (Lipinski definition) is 0. The van der Waals surface area contributed by atoms with Gasteiger partial charge in [0.25, 0.3) is 0 Å². The van der Waals surface area contributed by atoms with Crippen LogP contribution in [-0.2, 0) is 4.79 Å². The van der Waals surface area contributed by atoms with Crippen LogP contribution >= 0.6 is 0 Å². The predicted octanol–water partition coefficient (Wildman–Crippen LogP) is 2.47. The largest absolute Gasteiger partial charge is 0.300 e. The first-order chi connectivity index (χ1) is 6.50. The first kappa shape index (κ1) is 11.7. The quantitative estimate of drug-likeness (QED) is 0.652. The lowest BCUT2D eigenvalue weighted by Gasteiger charge is -2.30. The molecule has 1 saturated carbocycles. The molecule has 0 aromatic rings. The summed E-state index contributed by atoms with van der Waals surface area (Å²) in [5, 5.41) is 0. The maximum absolute atomic E-state index is 11.1. The van der Waals surface area contributed by atoms with Gasteiger partial charge in [0.1, 0.15) is 5.78 Å². The first-order valence-electron chi connectivity index (χ1n) is 5.76. The molecule has 0 bridgehead atoms. The van der Waals surface area contributed by atoms with Gasteiger partial charge in [-0.15, -0.1) is 0 Å². The van der Waals surface area contributed by atoms with Gasteiger partial charge in [0.2, 0.25) is 0 Å². The lowest BCUT2D eigenvalue weighted by atomic mass is 10.1. The van der Waals surface area contributed by atoms with Crippen LogP contribution in [0.3, 0.4) is 0 Å². The van der Waals surface area contributed by atoms with Gasteiger partial charge in [-0.3, -0.25) is 9.69 Å². The molecule has 0 spiro atoms. The molecule has 1 fully saturated rings. The standard InChI is InChI=1S/C12H23NO/c1-9(2)8-13(12-5-6-12)10(3)7-11(4)14/h9-10,12H,5-8H2,1-4H3.